The smallest absolute Gasteiger partial charge is 0.230 e. The zero-order valence-corrected chi connectivity index (χ0v) is 16.3. The molecule has 1 fully saturated rings. The van der Waals surface area contributed by atoms with Gasteiger partial charge in [0.25, 0.3) is 0 Å². The van der Waals surface area contributed by atoms with Crippen LogP contribution in [0.4, 0.5) is 0 Å². The molecular weight excluding hydrogens is 350 g/mol. The van der Waals surface area contributed by atoms with Gasteiger partial charge in [-0.15, -0.1) is 5.10 Å². The summed E-state index contributed by atoms with van der Waals surface area (Å²) in [6, 6.07) is 8.50. The summed E-state index contributed by atoms with van der Waals surface area (Å²) in [5.74, 6) is 1.06. The molecule has 0 bridgehead atoms. The number of rotatable bonds is 8. The zero-order valence-electron chi connectivity index (χ0n) is 15.4. The Morgan fingerprint density at radius 3 is 2.69 bits per heavy atom. The molecule has 140 valence electrons. The molecule has 0 spiro atoms. The van der Waals surface area contributed by atoms with Gasteiger partial charge in [-0.1, -0.05) is 44.7 Å². The number of tetrazole rings is 1. The van der Waals surface area contributed by atoms with Crippen LogP contribution in [0.3, 0.4) is 0 Å². The van der Waals surface area contributed by atoms with E-state index in [1.54, 1.807) is 0 Å². The lowest BCUT2D eigenvalue weighted by molar-refractivity contribution is -0.118. The van der Waals surface area contributed by atoms with Crippen LogP contribution in [0.5, 0.6) is 5.75 Å². The minimum absolute atomic E-state index is 0.0490. The van der Waals surface area contributed by atoms with Gasteiger partial charge in [-0.2, -0.15) is 0 Å². The Balaban J connectivity index is 1.34. The number of carbonyl (C=O) groups excluding carboxylic acids is 1. The summed E-state index contributed by atoms with van der Waals surface area (Å²) in [4.78, 5) is 11.9. The number of carbonyl (C=O) groups is 1. The molecule has 1 N–H and O–H groups in total. The van der Waals surface area contributed by atoms with E-state index in [0.29, 0.717) is 30.1 Å². The van der Waals surface area contributed by atoms with Crippen molar-refractivity contribution in [2.24, 2.45) is 0 Å². The third-order valence-electron chi connectivity index (χ3n) is 4.10. The van der Waals surface area contributed by atoms with Gasteiger partial charge in [-0.3, -0.25) is 4.79 Å². The Labute approximate surface area is 157 Å². The normalized spacial score (nSPS) is 14.3. The highest BCUT2D eigenvalue weighted by Gasteiger charge is 2.28. The largest absolute Gasteiger partial charge is 0.492 e. The molecule has 1 heterocycles. The van der Waals surface area contributed by atoms with E-state index >= 15 is 0 Å². The first-order valence-electron chi connectivity index (χ1n) is 8.84. The van der Waals surface area contributed by atoms with Crippen molar-refractivity contribution in [3.63, 3.8) is 0 Å². The number of hydrogen-bond donors (Lipinski definition) is 1. The number of thioether (sulfide) groups is 1. The summed E-state index contributed by atoms with van der Waals surface area (Å²) >= 11 is 1.36. The monoisotopic (exact) mass is 375 g/mol. The molecule has 1 aromatic carbocycles. The van der Waals surface area contributed by atoms with Gasteiger partial charge in [0.05, 0.1) is 18.3 Å². The van der Waals surface area contributed by atoms with Crippen LogP contribution >= 0.6 is 11.8 Å². The molecule has 0 radical (unpaired) electrons. The number of hydrogen-bond acceptors (Lipinski definition) is 6. The molecule has 1 amide bonds. The van der Waals surface area contributed by atoms with Crippen LogP contribution in [0.15, 0.2) is 29.4 Å². The summed E-state index contributed by atoms with van der Waals surface area (Å²) < 4.78 is 7.48. The number of nitrogens with one attached hydrogen (secondary N) is 1. The molecule has 7 nitrogen and oxygen atoms in total. The predicted octanol–water partition coefficient (Wildman–Crippen LogP) is 2.59. The maximum absolute atomic E-state index is 11.9. The summed E-state index contributed by atoms with van der Waals surface area (Å²) in [5, 5.41) is 15.2. The molecule has 2 aromatic rings. The molecule has 0 aliphatic heterocycles. The van der Waals surface area contributed by atoms with Gasteiger partial charge in [0.1, 0.15) is 12.4 Å². The standard InChI is InChI=1S/C18H25N5O2S/c1-18(2,3)13-4-8-15(9-5-13)25-11-10-19-16(24)12-26-17-20-21-22-23(17)14-6-7-14/h4-5,8-9,14H,6-7,10-12H2,1-3H3,(H,19,24). The van der Waals surface area contributed by atoms with Gasteiger partial charge in [0.15, 0.2) is 0 Å². The number of nitrogens with zero attached hydrogens (tertiary/aromatic N) is 4. The highest BCUT2D eigenvalue weighted by Crippen LogP contribution is 2.36. The average Bonchev–Trinajstić information content (AvgIpc) is 3.34. The van der Waals surface area contributed by atoms with E-state index in [9.17, 15) is 4.79 Å². The summed E-state index contributed by atoms with van der Waals surface area (Å²) in [7, 11) is 0. The van der Waals surface area contributed by atoms with Crippen LogP contribution in [-0.2, 0) is 10.2 Å². The Kier molecular flexibility index (Phi) is 5.80. The molecule has 1 aromatic heterocycles. The van der Waals surface area contributed by atoms with Crippen LogP contribution in [0.2, 0.25) is 0 Å². The lowest BCUT2D eigenvalue weighted by Crippen LogP contribution is -2.29. The first-order valence-corrected chi connectivity index (χ1v) is 9.83. The fraction of sp³-hybridized carbons (Fsp3) is 0.556. The molecular formula is C18H25N5O2S. The van der Waals surface area contributed by atoms with Crippen molar-refractivity contribution in [1.29, 1.82) is 0 Å². The number of amides is 1. The van der Waals surface area contributed by atoms with Gasteiger partial charge < -0.3 is 10.1 Å². The molecule has 8 heteroatoms. The van der Waals surface area contributed by atoms with Crippen molar-refractivity contribution in [2.75, 3.05) is 18.9 Å². The highest BCUT2D eigenvalue weighted by atomic mass is 32.2. The van der Waals surface area contributed by atoms with Crippen molar-refractivity contribution in [2.45, 2.75) is 50.2 Å². The van der Waals surface area contributed by atoms with Crippen LogP contribution in [0.1, 0.15) is 45.2 Å². The van der Waals surface area contributed by atoms with Crippen LogP contribution in [0, 0.1) is 0 Å². The van der Waals surface area contributed by atoms with Crippen LogP contribution < -0.4 is 10.1 Å². The third-order valence-corrected chi connectivity index (χ3v) is 5.03. The minimum Gasteiger partial charge on any atom is -0.492 e. The van der Waals surface area contributed by atoms with Crippen LogP contribution in [-0.4, -0.2) is 45.0 Å². The number of ether oxygens (including phenoxy) is 1. The predicted molar refractivity (Wildman–Crippen MR) is 100 cm³/mol. The molecule has 1 aliphatic rings. The van der Waals surface area contributed by atoms with E-state index in [2.05, 4.69) is 53.7 Å². The quantitative estimate of drug-likeness (QED) is 0.564. The minimum atomic E-state index is -0.0490. The third kappa shape index (κ3) is 5.20. The van der Waals surface area contributed by atoms with E-state index in [0.717, 1.165) is 18.6 Å². The molecule has 26 heavy (non-hydrogen) atoms. The van der Waals surface area contributed by atoms with Gasteiger partial charge in [0, 0.05) is 0 Å². The highest BCUT2D eigenvalue weighted by molar-refractivity contribution is 7.99. The lowest BCUT2D eigenvalue weighted by Gasteiger charge is -2.19. The topological polar surface area (TPSA) is 81.9 Å². The van der Waals surface area contributed by atoms with E-state index in [4.69, 9.17) is 4.74 Å². The van der Waals surface area contributed by atoms with E-state index in [-0.39, 0.29) is 11.3 Å². The Bertz CT molecular complexity index is 735. The molecule has 0 unspecified atom stereocenters. The van der Waals surface area contributed by atoms with Crippen LogP contribution in [0.25, 0.3) is 0 Å². The fourth-order valence-electron chi connectivity index (χ4n) is 2.42. The number of aromatic nitrogens is 4. The molecule has 1 saturated carbocycles. The fourth-order valence-corrected chi connectivity index (χ4v) is 3.19. The van der Waals surface area contributed by atoms with Crippen molar-refractivity contribution in [3.05, 3.63) is 29.8 Å². The van der Waals surface area contributed by atoms with E-state index in [1.807, 2.05) is 16.8 Å². The molecule has 3 rings (SSSR count). The Morgan fingerprint density at radius 1 is 1.31 bits per heavy atom. The van der Waals surface area contributed by atoms with Gasteiger partial charge in [-0.25, -0.2) is 4.68 Å². The van der Waals surface area contributed by atoms with Crippen molar-refractivity contribution in [3.8, 4) is 5.75 Å². The second kappa shape index (κ2) is 8.07. The maximum atomic E-state index is 11.9. The maximum Gasteiger partial charge on any atom is 0.230 e. The van der Waals surface area contributed by atoms with Crippen molar-refractivity contribution in [1.82, 2.24) is 25.5 Å². The van der Waals surface area contributed by atoms with Gasteiger partial charge in [-0.05, 0) is 46.4 Å². The summed E-state index contributed by atoms with van der Waals surface area (Å²) in [6.45, 7) is 7.44. The van der Waals surface area contributed by atoms with Gasteiger partial charge >= 0.3 is 0 Å². The molecule has 0 atom stereocenters. The molecule has 0 saturated heterocycles. The van der Waals surface area contributed by atoms with E-state index in [1.165, 1.54) is 17.3 Å². The second-order valence-corrected chi connectivity index (χ2v) is 8.34. The zero-order chi connectivity index (χ0) is 18.6. The Hall–Kier alpha value is -2.09. The first kappa shape index (κ1) is 18.7. The average molecular weight is 375 g/mol. The summed E-state index contributed by atoms with van der Waals surface area (Å²) in [5.41, 5.74) is 1.40. The van der Waals surface area contributed by atoms with Crippen molar-refractivity contribution < 1.29 is 9.53 Å². The van der Waals surface area contributed by atoms with E-state index < -0.39 is 0 Å². The summed E-state index contributed by atoms with van der Waals surface area (Å²) in [6.07, 6.45) is 2.22. The number of benzene rings is 1. The van der Waals surface area contributed by atoms with Gasteiger partial charge in [0.2, 0.25) is 11.1 Å². The van der Waals surface area contributed by atoms with Crippen molar-refractivity contribution >= 4 is 17.7 Å². The second-order valence-electron chi connectivity index (χ2n) is 7.40. The first-order chi connectivity index (χ1) is 12.4. The SMILES string of the molecule is CC(C)(C)c1ccc(OCCNC(=O)CSc2nnnn2C2CC2)cc1. The lowest BCUT2D eigenvalue weighted by atomic mass is 9.87. The Morgan fingerprint density at radius 2 is 2.04 bits per heavy atom. The molecule has 1 aliphatic carbocycles.